The molecule has 0 spiro atoms. The van der Waals surface area contributed by atoms with Gasteiger partial charge in [-0.05, 0) is 36.4 Å². The predicted molar refractivity (Wildman–Crippen MR) is 86.9 cm³/mol. The highest BCUT2D eigenvalue weighted by molar-refractivity contribution is 5.93. The highest BCUT2D eigenvalue weighted by atomic mass is 16.5. The van der Waals surface area contributed by atoms with Crippen LogP contribution in [0.3, 0.4) is 0 Å². The molecule has 0 unspecified atom stereocenters. The number of amides is 1. The van der Waals surface area contributed by atoms with Crippen molar-refractivity contribution in [3.05, 3.63) is 59.1 Å². The summed E-state index contributed by atoms with van der Waals surface area (Å²) in [6, 6.07) is 14.1. The zero-order valence-electron chi connectivity index (χ0n) is 12.9. The van der Waals surface area contributed by atoms with E-state index in [1.165, 1.54) is 9.47 Å². The molecule has 3 aromatic rings. The minimum Gasteiger partial charge on any atom is -0.497 e. The number of rotatable bonds is 4. The van der Waals surface area contributed by atoms with E-state index in [9.17, 15) is 9.59 Å². The lowest BCUT2D eigenvalue weighted by Crippen LogP contribution is -2.32. The smallest absolute Gasteiger partial charge is 0.420 e. The highest BCUT2D eigenvalue weighted by Crippen LogP contribution is 2.19. The van der Waals surface area contributed by atoms with Gasteiger partial charge in [-0.1, -0.05) is 12.1 Å². The van der Waals surface area contributed by atoms with Gasteiger partial charge in [0.15, 0.2) is 5.58 Å². The van der Waals surface area contributed by atoms with Gasteiger partial charge < -0.3 is 14.1 Å². The molecule has 118 valence electrons. The Bertz CT molecular complexity index is 893. The molecule has 2 aromatic carbocycles. The third-order valence-corrected chi connectivity index (χ3v) is 3.70. The molecule has 0 fully saturated rings. The number of nitrogens with zero attached hydrogens (tertiary/aromatic N) is 2. The predicted octanol–water partition coefficient (Wildman–Crippen LogP) is 2.27. The number of fused-ring (bicyclic) bond motifs is 1. The molecule has 6 nitrogen and oxygen atoms in total. The summed E-state index contributed by atoms with van der Waals surface area (Å²) in [5, 5.41) is 0. The van der Waals surface area contributed by atoms with Crippen LogP contribution in [0, 0.1) is 0 Å². The standard InChI is InChI=1S/C17H16N2O4/c1-18(12-7-9-13(22-2)10-8-12)16(20)11-19-14-5-3-4-6-15(14)23-17(19)21/h3-10H,11H2,1-2H3. The first-order valence-electron chi connectivity index (χ1n) is 7.09. The quantitative estimate of drug-likeness (QED) is 0.741. The zero-order valence-corrected chi connectivity index (χ0v) is 12.9. The molecule has 3 rings (SSSR count). The number of hydrogen-bond donors (Lipinski definition) is 0. The van der Waals surface area contributed by atoms with Gasteiger partial charge >= 0.3 is 5.76 Å². The number of methoxy groups -OCH3 is 1. The fraction of sp³-hybridized carbons (Fsp3) is 0.176. The van der Waals surface area contributed by atoms with Crippen molar-refractivity contribution in [1.82, 2.24) is 4.57 Å². The molecule has 0 aliphatic heterocycles. The van der Waals surface area contributed by atoms with Crippen LogP contribution in [0.1, 0.15) is 0 Å². The number of carbonyl (C=O) groups is 1. The Labute approximate surface area is 132 Å². The van der Waals surface area contributed by atoms with E-state index in [2.05, 4.69) is 0 Å². The summed E-state index contributed by atoms with van der Waals surface area (Å²) >= 11 is 0. The van der Waals surface area contributed by atoms with Gasteiger partial charge in [0, 0.05) is 12.7 Å². The highest BCUT2D eigenvalue weighted by Gasteiger charge is 2.16. The molecule has 1 heterocycles. The average molecular weight is 312 g/mol. The Balaban J connectivity index is 1.85. The molecule has 0 saturated carbocycles. The van der Waals surface area contributed by atoms with Crippen molar-refractivity contribution in [2.24, 2.45) is 0 Å². The first-order valence-corrected chi connectivity index (χ1v) is 7.09. The van der Waals surface area contributed by atoms with E-state index in [-0.39, 0.29) is 12.5 Å². The fourth-order valence-corrected chi connectivity index (χ4v) is 2.35. The van der Waals surface area contributed by atoms with E-state index in [0.29, 0.717) is 16.8 Å². The van der Waals surface area contributed by atoms with Gasteiger partial charge in [-0.2, -0.15) is 0 Å². The molecular formula is C17H16N2O4. The normalized spacial score (nSPS) is 10.7. The minimum atomic E-state index is -0.539. The van der Waals surface area contributed by atoms with Crippen LogP contribution >= 0.6 is 0 Å². The molecule has 0 saturated heterocycles. The first kappa shape index (κ1) is 14.9. The second kappa shape index (κ2) is 6.00. The maximum absolute atomic E-state index is 12.5. The van der Waals surface area contributed by atoms with Crippen molar-refractivity contribution in [2.45, 2.75) is 6.54 Å². The Hall–Kier alpha value is -3.02. The fourth-order valence-electron chi connectivity index (χ4n) is 2.35. The summed E-state index contributed by atoms with van der Waals surface area (Å²) in [6.07, 6.45) is 0. The van der Waals surface area contributed by atoms with E-state index < -0.39 is 5.76 Å². The largest absolute Gasteiger partial charge is 0.497 e. The maximum Gasteiger partial charge on any atom is 0.420 e. The maximum atomic E-state index is 12.5. The van der Waals surface area contributed by atoms with Crippen molar-refractivity contribution in [1.29, 1.82) is 0 Å². The summed E-state index contributed by atoms with van der Waals surface area (Å²) in [6.45, 7) is -0.0849. The second-order valence-electron chi connectivity index (χ2n) is 5.07. The average Bonchev–Trinajstić information content (AvgIpc) is 2.90. The van der Waals surface area contributed by atoms with Gasteiger partial charge in [0.05, 0.1) is 12.6 Å². The van der Waals surface area contributed by atoms with E-state index in [0.717, 1.165) is 5.69 Å². The molecule has 1 amide bonds. The van der Waals surface area contributed by atoms with Gasteiger partial charge in [0.2, 0.25) is 5.91 Å². The number of oxazole rings is 1. The van der Waals surface area contributed by atoms with E-state index in [1.54, 1.807) is 62.7 Å². The summed E-state index contributed by atoms with van der Waals surface area (Å²) in [5.41, 5.74) is 1.79. The summed E-state index contributed by atoms with van der Waals surface area (Å²) in [4.78, 5) is 25.9. The number of ether oxygens (including phenoxy) is 1. The molecule has 23 heavy (non-hydrogen) atoms. The number of carbonyl (C=O) groups excluding carboxylic acids is 1. The lowest BCUT2D eigenvalue weighted by molar-refractivity contribution is -0.118. The molecule has 0 radical (unpaired) electrons. The Morgan fingerprint density at radius 3 is 2.57 bits per heavy atom. The van der Waals surface area contributed by atoms with Crippen LogP contribution < -0.4 is 15.4 Å². The summed E-state index contributed by atoms with van der Waals surface area (Å²) < 4.78 is 11.6. The molecular weight excluding hydrogens is 296 g/mol. The van der Waals surface area contributed by atoms with Gasteiger partial charge in [0.25, 0.3) is 0 Å². The van der Waals surface area contributed by atoms with Crippen LogP contribution in [0.5, 0.6) is 5.75 Å². The van der Waals surface area contributed by atoms with Crippen LogP contribution in [0.4, 0.5) is 5.69 Å². The number of likely N-dealkylation sites (N-methyl/N-ethyl adjacent to an activating group) is 1. The third kappa shape index (κ3) is 2.83. The molecule has 1 aromatic heterocycles. The van der Waals surface area contributed by atoms with Crippen LogP contribution in [0.15, 0.2) is 57.7 Å². The SMILES string of the molecule is COc1ccc(N(C)C(=O)Cn2c(=O)oc3ccccc32)cc1. The van der Waals surface area contributed by atoms with Crippen molar-refractivity contribution in [2.75, 3.05) is 19.1 Å². The Kier molecular flexibility index (Phi) is 3.89. The number of hydrogen-bond acceptors (Lipinski definition) is 4. The van der Waals surface area contributed by atoms with E-state index in [4.69, 9.17) is 9.15 Å². The molecule has 0 bridgehead atoms. The topological polar surface area (TPSA) is 64.7 Å². The van der Waals surface area contributed by atoms with Crippen LogP contribution in [-0.2, 0) is 11.3 Å². The van der Waals surface area contributed by atoms with Crippen LogP contribution in [0.2, 0.25) is 0 Å². The van der Waals surface area contributed by atoms with Crippen LogP contribution in [-0.4, -0.2) is 24.6 Å². The van der Waals surface area contributed by atoms with Gasteiger partial charge in [-0.15, -0.1) is 0 Å². The van der Waals surface area contributed by atoms with Crippen molar-refractivity contribution in [3.63, 3.8) is 0 Å². The number of aromatic nitrogens is 1. The lowest BCUT2D eigenvalue weighted by atomic mass is 10.2. The van der Waals surface area contributed by atoms with E-state index >= 15 is 0 Å². The number of benzene rings is 2. The van der Waals surface area contributed by atoms with Crippen molar-refractivity contribution < 1.29 is 13.9 Å². The molecule has 0 aliphatic rings. The molecule has 0 aliphatic carbocycles. The van der Waals surface area contributed by atoms with Crippen LogP contribution in [0.25, 0.3) is 11.1 Å². The molecule has 0 N–H and O–H groups in total. The molecule has 0 atom stereocenters. The molecule has 6 heteroatoms. The number of para-hydroxylation sites is 2. The van der Waals surface area contributed by atoms with Gasteiger partial charge in [-0.25, -0.2) is 4.79 Å². The minimum absolute atomic E-state index is 0.0849. The second-order valence-corrected chi connectivity index (χ2v) is 5.07. The lowest BCUT2D eigenvalue weighted by Gasteiger charge is -2.17. The number of anilines is 1. The summed E-state index contributed by atoms with van der Waals surface area (Å²) in [5.74, 6) is -0.0434. The zero-order chi connectivity index (χ0) is 16.4. The van der Waals surface area contributed by atoms with Crippen molar-refractivity contribution >= 4 is 22.7 Å². The Morgan fingerprint density at radius 2 is 1.87 bits per heavy atom. The Morgan fingerprint density at radius 1 is 1.17 bits per heavy atom. The third-order valence-electron chi connectivity index (χ3n) is 3.70. The van der Waals surface area contributed by atoms with Gasteiger partial charge in [0.1, 0.15) is 12.3 Å². The summed E-state index contributed by atoms with van der Waals surface area (Å²) in [7, 11) is 3.25. The van der Waals surface area contributed by atoms with E-state index in [1.807, 2.05) is 0 Å². The van der Waals surface area contributed by atoms with Crippen molar-refractivity contribution in [3.8, 4) is 5.75 Å². The monoisotopic (exact) mass is 312 g/mol. The first-order chi connectivity index (χ1) is 11.1. The van der Waals surface area contributed by atoms with Gasteiger partial charge in [-0.3, -0.25) is 9.36 Å².